The van der Waals surface area contributed by atoms with E-state index in [0.29, 0.717) is 16.9 Å². The first kappa shape index (κ1) is 20.2. The molecule has 1 aromatic heterocycles. The third kappa shape index (κ3) is 4.28. The van der Waals surface area contributed by atoms with Gasteiger partial charge in [-0.25, -0.2) is 9.59 Å². The van der Waals surface area contributed by atoms with E-state index in [0.717, 1.165) is 28.6 Å². The van der Waals surface area contributed by atoms with E-state index in [4.69, 9.17) is 4.74 Å². The van der Waals surface area contributed by atoms with Gasteiger partial charge in [-0.15, -0.1) is 0 Å². The molecule has 0 saturated carbocycles. The van der Waals surface area contributed by atoms with E-state index in [2.05, 4.69) is 34.7 Å². The SMILES string of the molecule is CCc1ccc(-c2[nH]c3ccccc3c2NC(=O)Nc2cccc(C(=O)OC)c2)cc1. The number of aryl methyl sites for hydroxylation is 1. The maximum Gasteiger partial charge on any atom is 0.337 e. The number of aromatic amines is 1. The van der Waals surface area contributed by atoms with Crippen molar-refractivity contribution in [2.75, 3.05) is 17.7 Å². The zero-order valence-corrected chi connectivity index (χ0v) is 17.4. The van der Waals surface area contributed by atoms with E-state index in [-0.39, 0.29) is 0 Å². The van der Waals surface area contributed by atoms with Crippen LogP contribution in [-0.2, 0) is 11.2 Å². The van der Waals surface area contributed by atoms with Crippen LogP contribution >= 0.6 is 0 Å². The van der Waals surface area contributed by atoms with Crippen LogP contribution in [0.25, 0.3) is 22.2 Å². The molecule has 156 valence electrons. The van der Waals surface area contributed by atoms with Crippen LogP contribution in [0.1, 0.15) is 22.8 Å². The van der Waals surface area contributed by atoms with E-state index in [1.165, 1.54) is 12.7 Å². The number of ether oxygens (including phenoxy) is 1. The van der Waals surface area contributed by atoms with Crippen molar-refractivity contribution < 1.29 is 14.3 Å². The minimum absolute atomic E-state index is 0.365. The largest absolute Gasteiger partial charge is 0.465 e. The molecule has 0 unspecified atom stereocenters. The summed E-state index contributed by atoms with van der Waals surface area (Å²) < 4.78 is 4.74. The average Bonchev–Trinajstić information content (AvgIpc) is 3.17. The van der Waals surface area contributed by atoms with E-state index in [1.54, 1.807) is 24.3 Å². The van der Waals surface area contributed by atoms with Gasteiger partial charge in [-0.05, 0) is 36.2 Å². The number of hydrogen-bond donors (Lipinski definition) is 3. The first-order valence-electron chi connectivity index (χ1n) is 10.1. The molecule has 0 saturated heterocycles. The van der Waals surface area contributed by atoms with Crippen LogP contribution in [0.4, 0.5) is 16.2 Å². The highest BCUT2D eigenvalue weighted by Gasteiger charge is 2.16. The highest BCUT2D eigenvalue weighted by atomic mass is 16.5. The van der Waals surface area contributed by atoms with Crippen molar-refractivity contribution >= 4 is 34.3 Å². The maximum atomic E-state index is 12.8. The van der Waals surface area contributed by atoms with Crippen molar-refractivity contribution in [2.45, 2.75) is 13.3 Å². The molecule has 0 aliphatic rings. The van der Waals surface area contributed by atoms with Crippen LogP contribution in [0.15, 0.2) is 72.8 Å². The highest BCUT2D eigenvalue weighted by Crippen LogP contribution is 2.35. The quantitative estimate of drug-likeness (QED) is 0.360. The zero-order valence-electron chi connectivity index (χ0n) is 17.4. The number of benzene rings is 3. The van der Waals surface area contributed by atoms with Gasteiger partial charge in [0, 0.05) is 22.2 Å². The topological polar surface area (TPSA) is 83.2 Å². The van der Waals surface area contributed by atoms with Crippen LogP contribution in [0.2, 0.25) is 0 Å². The number of rotatable bonds is 5. The van der Waals surface area contributed by atoms with Crippen LogP contribution in [0.3, 0.4) is 0 Å². The predicted molar refractivity (Wildman–Crippen MR) is 124 cm³/mol. The molecular formula is C25H23N3O3. The molecule has 0 atom stereocenters. The van der Waals surface area contributed by atoms with Crippen molar-refractivity contribution in [3.05, 3.63) is 83.9 Å². The lowest BCUT2D eigenvalue weighted by molar-refractivity contribution is 0.0600. The smallest absolute Gasteiger partial charge is 0.337 e. The summed E-state index contributed by atoms with van der Waals surface area (Å²) in [5.74, 6) is -0.460. The van der Waals surface area contributed by atoms with Gasteiger partial charge in [-0.2, -0.15) is 0 Å². The number of aromatic nitrogens is 1. The van der Waals surface area contributed by atoms with Gasteiger partial charge in [0.05, 0.1) is 24.1 Å². The van der Waals surface area contributed by atoms with E-state index in [1.807, 2.05) is 36.4 Å². The molecule has 1 heterocycles. The van der Waals surface area contributed by atoms with Gasteiger partial charge in [0.1, 0.15) is 0 Å². The number of carbonyl (C=O) groups excluding carboxylic acids is 2. The van der Waals surface area contributed by atoms with Gasteiger partial charge in [0.25, 0.3) is 0 Å². The molecule has 3 N–H and O–H groups in total. The number of methoxy groups -OCH3 is 1. The fourth-order valence-electron chi connectivity index (χ4n) is 3.51. The van der Waals surface area contributed by atoms with Crippen molar-refractivity contribution in [3.8, 4) is 11.3 Å². The Morgan fingerprint density at radius 2 is 1.71 bits per heavy atom. The van der Waals surface area contributed by atoms with E-state index in [9.17, 15) is 9.59 Å². The summed E-state index contributed by atoms with van der Waals surface area (Å²) in [5, 5.41) is 6.68. The summed E-state index contributed by atoms with van der Waals surface area (Å²) in [6.45, 7) is 2.12. The first-order valence-corrected chi connectivity index (χ1v) is 10.1. The van der Waals surface area contributed by atoms with Crippen molar-refractivity contribution in [2.24, 2.45) is 0 Å². The third-order valence-corrected chi connectivity index (χ3v) is 5.14. The molecular weight excluding hydrogens is 390 g/mol. The summed E-state index contributed by atoms with van der Waals surface area (Å²) >= 11 is 0. The lowest BCUT2D eigenvalue weighted by Gasteiger charge is -2.10. The molecule has 0 spiro atoms. The van der Waals surface area contributed by atoms with Crippen molar-refractivity contribution in [1.82, 2.24) is 4.98 Å². The van der Waals surface area contributed by atoms with Gasteiger partial charge >= 0.3 is 12.0 Å². The predicted octanol–water partition coefficient (Wildman–Crippen LogP) is 5.83. The second kappa shape index (κ2) is 8.75. The average molecular weight is 413 g/mol. The molecule has 6 nitrogen and oxygen atoms in total. The standard InChI is InChI=1S/C25H23N3O3/c1-3-16-11-13-17(14-12-16)22-23(20-9-4-5-10-21(20)27-22)28-25(30)26-19-8-6-7-18(15-19)24(29)31-2/h4-15,27H,3H2,1-2H3,(H2,26,28,30). The van der Waals surface area contributed by atoms with E-state index < -0.39 is 12.0 Å². The fourth-order valence-corrected chi connectivity index (χ4v) is 3.51. The maximum absolute atomic E-state index is 12.8. The number of para-hydroxylation sites is 1. The molecule has 0 fully saturated rings. The normalized spacial score (nSPS) is 10.6. The fraction of sp³-hybridized carbons (Fsp3) is 0.120. The molecule has 4 rings (SSSR count). The van der Waals surface area contributed by atoms with Crippen LogP contribution in [0, 0.1) is 0 Å². The first-order chi connectivity index (χ1) is 15.1. The minimum Gasteiger partial charge on any atom is -0.465 e. The van der Waals surface area contributed by atoms with Gasteiger partial charge in [0.15, 0.2) is 0 Å². The molecule has 0 aliphatic heterocycles. The van der Waals surface area contributed by atoms with Crippen LogP contribution < -0.4 is 10.6 Å². The summed E-state index contributed by atoms with van der Waals surface area (Å²) in [6.07, 6.45) is 0.963. The van der Waals surface area contributed by atoms with Crippen LogP contribution in [0.5, 0.6) is 0 Å². The Morgan fingerprint density at radius 1 is 0.935 bits per heavy atom. The van der Waals surface area contributed by atoms with Crippen molar-refractivity contribution in [1.29, 1.82) is 0 Å². The third-order valence-electron chi connectivity index (χ3n) is 5.14. The Morgan fingerprint density at radius 3 is 2.45 bits per heavy atom. The van der Waals surface area contributed by atoms with Crippen molar-refractivity contribution in [3.63, 3.8) is 0 Å². The number of carbonyl (C=O) groups is 2. The molecule has 6 heteroatoms. The Labute approximate surface area is 180 Å². The van der Waals surface area contributed by atoms with Gasteiger partial charge in [0.2, 0.25) is 0 Å². The number of fused-ring (bicyclic) bond motifs is 1. The summed E-state index contributed by atoms with van der Waals surface area (Å²) in [5.41, 5.74) is 5.55. The second-order valence-electron chi connectivity index (χ2n) is 7.12. The monoisotopic (exact) mass is 413 g/mol. The molecule has 0 bridgehead atoms. The van der Waals surface area contributed by atoms with Gasteiger partial charge < -0.3 is 20.4 Å². The summed E-state index contributed by atoms with van der Waals surface area (Å²) in [6, 6.07) is 22.3. The summed E-state index contributed by atoms with van der Waals surface area (Å²) in [7, 11) is 1.32. The number of nitrogens with one attached hydrogen (secondary N) is 3. The number of urea groups is 1. The Bertz CT molecular complexity index is 1240. The molecule has 0 radical (unpaired) electrons. The second-order valence-corrected chi connectivity index (χ2v) is 7.12. The Kier molecular flexibility index (Phi) is 5.71. The minimum atomic E-state index is -0.460. The molecule has 4 aromatic rings. The Hall–Kier alpha value is -4.06. The highest BCUT2D eigenvalue weighted by molar-refractivity contribution is 6.10. The number of hydrogen-bond acceptors (Lipinski definition) is 3. The van der Waals surface area contributed by atoms with E-state index >= 15 is 0 Å². The Balaban J connectivity index is 1.64. The number of amides is 2. The van der Waals surface area contributed by atoms with Gasteiger partial charge in [-0.3, -0.25) is 0 Å². The number of esters is 1. The molecule has 2 amide bonds. The lowest BCUT2D eigenvalue weighted by atomic mass is 10.1. The zero-order chi connectivity index (χ0) is 21.8. The lowest BCUT2D eigenvalue weighted by Crippen LogP contribution is -2.20. The molecule has 0 aliphatic carbocycles. The number of H-pyrrole nitrogens is 1. The van der Waals surface area contributed by atoms with Crippen LogP contribution in [-0.4, -0.2) is 24.1 Å². The summed E-state index contributed by atoms with van der Waals surface area (Å²) in [4.78, 5) is 28.0. The number of anilines is 2. The van der Waals surface area contributed by atoms with Gasteiger partial charge in [-0.1, -0.05) is 55.5 Å². The molecule has 31 heavy (non-hydrogen) atoms. The molecule has 3 aromatic carbocycles.